The number of benzene rings is 1. The monoisotopic (exact) mass is 372 g/mol. The average Bonchev–Trinajstić information content (AvgIpc) is 2.59. The third-order valence-electron chi connectivity index (χ3n) is 4.29. The van der Waals surface area contributed by atoms with Gasteiger partial charge in [0, 0.05) is 13.7 Å². The second-order valence-corrected chi connectivity index (χ2v) is 6.41. The molecule has 1 atom stereocenters. The van der Waals surface area contributed by atoms with Gasteiger partial charge in [0.25, 0.3) is 5.91 Å². The first-order valence-corrected chi connectivity index (χ1v) is 8.46. The second-order valence-electron chi connectivity index (χ2n) is 6.41. The van der Waals surface area contributed by atoms with Crippen LogP contribution in [0, 0.1) is 0 Å². The molecule has 1 fully saturated rings. The molecular formula is C18H29ClN2O4. The van der Waals surface area contributed by atoms with E-state index in [-0.39, 0.29) is 31.0 Å². The molecule has 3 N–H and O–H groups in total. The molecule has 6 nitrogen and oxygen atoms in total. The number of rotatable bonds is 7. The summed E-state index contributed by atoms with van der Waals surface area (Å²) in [6, 6.07) is 7.30. The topological polar surface area (TPSA) is 79.8 Å². The highest BCUT2D eigenvalue weighted by atomic mass is 35.5. The number of nitrogens with one attached hydrogen (secondary N) is 2. The molecule has 1 aromatic rings. The Morgan fingerprint density at radius 2 is 2.04 bits per heavy atom. The summed E-state index contributed by atoms with van der Waals surface area (Å²) in [4.78, 5) is 12.5. The maximum Gasteiger partial charge on any atom is 0.252 e. The summed E-state index contributed by atoms with van der Waals surface area (Å²) in [5.41, 5.74) is -0.0849. The van der Waals surface area contributed by atoms with Gasteiger partial charge in [-0.1, -0.05) is 12.1 Å². The normalized spacial score (nSPS) is 17.5. The molecule has 0 bridgehead atoms. The predicted molar refractivity (Wildman–Crippen MR) is 99.3 cm³/mol. The number of aliphatic hydroxyl groups excluding tert-OH is 1. The first-order valence-electron chi connectivity index (χ1n) is 8.46. The number of carbonyl (C=O) groups excluding carboxylic acids is 1. The summed E-state index contributed by atoms with van der Waals surface area (Å²) < 4.78 is 11.1. The van der Waals surface area contributed by atoms with Crippen molar-refractivity contribution in [1.29, 1.82) is 0 Å². The van der Waals surface area contributed by atoms with E-state index in [1.54, 1.807) is 13.2 Å². The Kier molecular flexibility index (Phi) is 8.65. The van der Waals surface area contributed by atoms with Crippen LogP contribution in [0.2, 0.25) is 0 Å². The zero-order chi connectivity index (χ0) is 17.6. The summed E-state index contributed by atoms with van der Waals surface area (Å²) in [5, 5.41) is 16.4. The summed E-state index contributed by atoms with van der Waals surface area (Å²) in [5.74, 6) is 0.541. The lowest BCUT2D eigenvalue weighted by Crippen LogP contribution is -2.54. The number of carbonyl (C=O) groups is 1. The minimum Gasteiger partial charge on any atom is -0.491 e. The zero-order valence-electron chi connectivity index (χ0n) is 15.1. The molecule has 1 aliphatic heterocycles. The summed E-state index contributed by atoms with van der Waals surface area (Å²) in [6.07, 6.45) is 0.533. The van der Waals surface area contributed by atoms with E-state index in [4.69, 9.17) is 9.47 Å². The minimum absolute atomic E-state index is 0. The largest absolute Gasteiger partial charge is 0.491 e. The Balaban J connectivity index is 0.00000312. The summed E-state index contributed by atoms with van der Waals surface area (Å²) in [7, 11) is 1.56. The number of hydrogen-bond acceptors (Lipinski definition) is 5. The molecule has 2 rings (SSSR count). The maximum absolute atomic E-state index is 12.5. The van der Waals surface area contributed by atoms with Crippen molar-refractivity contribution in [2.45, 2.75) is 44.5 Å². The van der Waals surface area contributed by atoms with Crippen LogP contribution in [0.25, 0.3) is 0 Å². The maximum atomic E-state index is 12.5. The molecule has 1 unspecified atom stereocenters. The highest BCUT2D eigenvalue weighted by molar-refractivity contribution is 5.85. The van der Waals surface area contributed by atoms with Gasteiger partial charge in [0.2, 0.25) is 0 Å². The van der Waals surface area contributed by atoms with Crippen LogP contribution in [0.3, 0.4) is 0 Å². The van der Waals surface area contributed by atoms with Crippen molar-refractivity contribution in [3.8, 4) is 5.75 Å². The van der Waals surface area contributed by atoms with Gasteiger partial charge in [-0.3, -0.25) is 4.79 Å². The molecule has 1 aliphatic rings. The third-order valence-corrected chi connectivity index (χ3v) is 4.29. The molecule has 7 heteroatoms. The van der Waals surface area contributed by atoms with E-state index < -0.39 is 11.7 Å². The fraction of sp³-hybridized carbons (Fsp3) is 0.611. The van der Waals surface area contributed by atoms with Crippen molar-refractivity contribution in [1.82, 2.24) is 10.6 Å². The molecule has 0 aliphatic carbocycles. The number of amides is 1. The van der Waals surface area contributed by atoms with Gasteiger partial charge < -0.3 is 25.2 Å². The van der Waals surface area contributed by atoms with Gasteiger partial charge in [-0.15, -0.1) is 12.4 Å². The lowest BCUT2D eigenvalue weighted by atomic mass is 9.91. The molecule has 1 heterocycles. The van der Waals surface area contributed by atoms with Crippen LogP contribution in [0.1, 0.15) is 38.4 Å². The van der Waals surface area contributed by atoms with Crippen molar-refractivity contribution in [3.63, 3.8) is 0 Å². The first-order chi connectivity index (χ1) is 11.5. The van der Waals surface area contributed by atoms with Crippen LogP contribution in [0.4, 0.5) is 0 Å². The van der Waals surface area contributed by atoms with E-state index in [2.05, 4.69) is 10.6 Å². The third kappa shape index (κ3) is 5.85. The number of halogens is 1. The minimum atomic E-state index is -0.798. The van der Waals surface area contributed by atoms with E-state index in [1.165, 1.54) is 0 Å². The Hall–Kier alpha value is -1.34. The average molecular weight is 373 g/mol. The van der Waals surface area contributed by atoms with Gasteiger partial charge in [0.15, 0.2) is 0 Å². The Labute approximate surface area is 155 Å². The Bertz CT molecular complexity index is 548. The van der Waals surface area contributed by atoms with Crippen LogP contribution in [0.5, 0.6) is 5.75 Å². The quantitative estimate of drug-likeness (QED) is 0.680. The number of ether oxygens (including phenoxy) is 2. The summed E-state index contributed by atoms with van der Waals surface area (Å²) >= 11 is 0. The molecule has 1 aromatic carbocycles. The molecule has 25 heavy (non-hydrogen) atoms. The van der Waals surface area contributed by atoms with E-state index in [9.17, 15) is 9.90 Å². The standard InChI is InChI=1S/C18H28N2O4.ClH/c1-13(2)24-15-6-4-5-14(11-15)16(21)12-20-17(22)18(23-3)7-9-19-10-8-18;/h4-6,11,13,16,19,21H,7-10,12H2,1-3H3,(H,20,22);1H. The lowest BCUT2D eigenvalue weighted by molar-refractivity contribution is -0.147. The Morgan fingerprint density at radius 3 is 2.64 bits per heavy atom. The van der Waals surface area contributed by atoms with E-state index in [0.717, 1.165) is 13.1 Å². The first kappa shape index (κ1) is 21.7. The van der Waals surface area contributed by atoms with Crippen molar-refractivity contribution in [2.75, 3.05) is 26.7 Å². The molecule has 1 amide bonds. The van der Waals surface area contributed by atoms with Gasteiger partial charge in [0.05, 0.1) is 12.2 Å². The van der Waals surface area contributed by atoms with Crippen LogP contribution in [-0.4, -0.2) is 49.5 Å². The highest BCUT2D eigenvalue weighted by Gasteiger charge is 2.39. The van der Waals surface area contributed by atoms with E-state index in [1.807, 2.05) is 32.0 Å². The van der Waals surface area contributed by atoms with Gasteiger partial charge in [-0.05, 0) is 57.5 Å². The van der Waals surface area contributed by atoms with Gasteiger partial charge in [0.1, 0.15) is 11.4 Å². The van der Waals surface area contributed by atoms with Crippen molar-refractivity contribution in [3.05, 3.63) is 29.8 Å². The second kappa shape index (κ2) is 9.97. The molecule has 0 aromatic heterocycles. The zero-order valence-corrected chi connectivity index (χ0v) is 15.9. The smallest absolute Gasteiger partial charge is 0.252 e. The van der Waals surface area contributed by atoms with Crippen LogP contribution < -0.4 is 15.4 Å². The van der Waals surface area contributed by atoms with E-state index in [0.29, 0.717) is 24.2 Å². The molecule has 1 saturated heterocycles. The SMILES string of the molecule is COC1(C(=O)NCC(O)c2cccc(OC(C)C)c2)CCNCC1.Cl. The van der Waals surface area contributed by atoms with Gasteiger partial charge in [-0.2, -0.15) is 0 Å². The Morgan fingerprint density at radius 1 is 1.36 bits per heavy atom. The molecule has 0 radical (unpaired) electrons. The molecule has 0 spiro atoms. The number of methoxy groups -OCH3 is 1. The highest BCUT2D eigenvalue weighted by Crippen LogP contribution is 2.24. The molecule has 0 saturated carbocycles. The van der Waals surface area contributed by atoms with Crippen molar-refractivity contribution in [2.24, 2.45) is 0 Å². The van der Waals surface area contributed by atoms with Crippen molar-refractivity contribution >= 4 is 18.3 Å². The fourth-order valence-electron chi connectivity index (χ4n) is 2.89. The van der Waals surface area contributed by atoms with Gasteiger partial charge >= 0.3 is 0 Å². The number of piperidine rings is 1. The number of hydrogen-bond donors (Lipinski definition) is 3. The van der Waals surface area contributed by atoms with Gasteiger partial charge in [-0.25, -0.2) is 0 Å². The van der Waals surface area contributed by atoms with Crippen LogP contribution >= 0.6 is 12.4 Å². The van der Waals surface area contributed by atoms with Crippen LogP contribution in [0.15, 0.2) is 24.3 Å². The summed E-state index contributed by atoms with van der Waals surface area (Å²) in [6.45, 7) is 5.54. The lowest BCUT2D eigenvalue weighted by Gasteiger charge is -2.35. The van der Waals surface area contributed by atoms with Crippen LogP contribution in [-0.2, 0) is 9.53 Å². The van der Waals surface area contributed by atoms with Crippen molar-refractivity contribution < 1.29 is 19.4 Å². The predicted octanol–water partition coefficient (Wildman–Crippen LogP) is 1.81. The van der Waals surface area contributed by atoms with E-state index >= 15 is 0 Å². The number of aliphatic hydroxyl groups is 1. The fourth-order valence-corrected chi connectivity index (χ4v) is 2.89. The molecular weight excluding hydrogens is 344 g/mol. The molecule has 142 valence electrons.